The molecule has 0 bridgehead atoms. The van der Waals surface area contributed by atoms with Crippen molar-refractivity contribution in [3.05, 3.63) is 24.3 Å². The van der Waals surface area contributed by atoms with Crippen molar-refractivity contribution >= 4 is 33.7 Å². The summed E-state index contributed by atoms with van der Waals surface area (Å²) in [4.78, 5) is 0. The second kappa shape index (κ2) is 6.66. The van der Waals surface area contributed by atoms with Crippen LogP contribution in [0.3, 0.4) is 0 Å². The van der Waals surface area contributed by atoms with Crippen LogP contribution in [0.5, 0.6) is 0 Å². The van der Waals surface area contributed by atoms with Gasteiger partial charge in [-0.15, -0.1) is 4.52 Å². The second-order valence-electron chi connectivity index (χ2n) is 3.18. The molecule has 2 rings (SSSR count). The lowest BCUT2D eigenvalue weighted by molar-refractivity contribution is 0.0646. The fraction of sp³-hybridized carbons (Fsp3) is 0.429. The lowest BCUT2D eigenvalue weighted by Gasteiger charge is -2.21. The van der Waals surface area contributed by atoms with E-state index in [4.69, 9.17) is 4.52 Å². The standard InChI is InChI=1S/C7H9N4O2P4/c12-6-7(4-2-1-3-5-7)13-17-10-15-8-14-9-16-11-17/h1-4,12H,5-6H2/q+1. The summed E-state index contributed by atoms with van der Waals surface area (Å²) in [7, 11) is 0.511. The van der Waals surface area contributed by atoms with Crippen molar-refractivity contribution < 1.29 is 9.63 Å². The molecule has 0 aromatic carbocycles. The zero-order valence-electron chi connectivity index (χ0n) is 8.66. The Hall–Kier alpha value is -0.200. The van der Waals surface area contributed by atoms with Crippen molar-refractivity contribution in [2.24, 2.45) is 18.1 Å². The summed E-state index contributed by atoms with van der Waals surface area (Å²) >= 11 is 0. The fourth-order valence-corrected chi connectivity index (χ4v) is 4.74. The predicted molar refractivity (Wildman–Crippen MR) is 71.2 cm³/mol. The number of hydrogen-bond acceptors (Lipinski definition) is 6. The SMILES string of the molecule is OCC1(O[P+]2=NP=NP=NP=N2)C=CC=CC1. The topological polar surface area (TPSA) is 78.9 Å². The van der Waals surface area contributed by atoms with Gasteiger partial charge in [0.05, 0.1) is 6.61 Å². The highest BCUT2D eigenvalue weighted by atomic mass is 31.2. The van der Waals surface area contributed by atoms with Gasteiger partial charge in [0.2, 0.25) is 17.0 Å². The van der Waals surface area contributed by atoms with Gasteiger partial charge in [0.1, 0.15) is 0 Å². The molecule has 2 atom stereocenters. The summed E-state index contributed by atoms with van der Waals surface area (Å²) in [6.07, 6.45) is 8.22. The lowest BCUT2D eigenvalue weighted by atomic mass is 9.97. The molecule has 0 fully saturated rings. The van der Waals surface area contributed by atoms with E-state index < -0.39 is 13.7 Å². The first-order valence-corrected chi connectivity index (χ1v) is 8.27. The Kier molecular flexibility index (Phi) is 5.18. The molecule has 1 aliphatic heterocycles. The van der Waals surface area contributed by atoms with Gasteiger partial charge in [-0.2, -0.15) is 9.03 Å². The van der Waals surface area contributed by atoms with Crippen LogP contribution < -0.4 is 0 Å². The monoisotopic (exact) mass is 305 g/mol. The minimum atomic E-state index is -1.30. The number of nitrogens with zero attached hydrogens (tertiary/aromatic N) is 4. The van der Waals surface area contributed by atoms with Crippen molar-refractivity contribution in [1.82, 2.24) is 0 Å². The summed E-state index contributed by atoms with van der Waals surface area (Å²) in [5, 5.41) is 9.46. The highest BCUT2D eigenvalue weighted by Gasteiger charge is 2.37. The van der Waals surface area contributed by atoms with E-state index in [-0.39, 0.29) is 6.61 Å². The van der Waals surface area contributed by atoms with E-state index in [9.17, 15) is 5.11 Å². The van der Waals surface area contributed by atoms with Crippen LogP contribution >= 0.6 is 33.7 Å². The van der Waals surface area contributed by atoms with Gasteiger partial charge in [-0.1, -0.05) is 18.2 Å². The van der Waals surface area contributed by atoms with E-state index in [2.05, 4.69) is 18.1 Å². The number of aliphatic hydroxyl groups is 1. The number of allylic oxidation sites excluding steroid dienone is 2. The summed E-state index contributed by atoms with van der Waals surface area (Å²) in [5.74, 6) is 0. The Morgan fingerprint density at radius 2 is 2.18 bits per heavy atom. The van der Waals surface area contributed by atoms with Crippen LogP contribution in [0.4, 0.5) is 0 Å². The molecule has 0 saturated carbocycles. The lowest BCUT2D eigenvalue weighted by Crippen LogP contribution is -2.32. The summed E-state index contributed by atoms with van der Waals surface area (Å²) < 4.78 is 22.2. The van der Waals surface area contributed by atoms with Gasteiger partial charge in [0.15, 0.2) is 14.1 Å². The first kappa shape index (κ1) is 13.2. The van der Waals surface area contributed by atoms with Crippen molar-refractivity contribution in [2.45, 2.75) is 12.0 Å². The van der Waals surface area contributed by atoms with Crippen LogP contribution in [0.2, 0.25) is 0 Å². The van der Waals surface area contributed by atoms with Crippen LogP contribution in [-0.2, 0) is 4.52 Å². The van der Waals surface area contributed by atoms with Crippen LogP contribution in [0.25, 0.3) is 0 Å². The Morgan fingerprint density at radius 3 is 2.94 bits per heavy atom. The highest BCUT2D eigenvalue weighted by molar-refractivity contribution is 7.55. The Bertz CT molecular complexity index is 459. The Labute approximate surface area is 105 Å². The van der Waals surface area contributed by atoms with Crippen LogP contribution in [0, 0.1) is 0 Å². The van der Waals surface area contributed by atoms with Crippen molar-refractivity contribution in [3.63, 3.8) is 0 Å². The third-order valence-corrected chi connectivity index (χ3v) is 5.71. The normalized spacial score (nSPS) is 31.7. The van der Waals surface area contributed by atoms with Crippen molar-refractivity contribution in [1.29, 1.82) is 0 Å². The molecule has 1 heterocycles. The second-order valence-corrected chi connectivity index (χ2v) is 7.27. The van der Waals surface area contributed by atoms with E-state index in [1.54, 1.807) is 0 Å². The molecule has 0 spiro atoms. The van der Waals surface area contributed by atoms with E-state index in [1.165, 1.54) is 0 Å². The number of aliphatic hydroxyl groups excluding tert-OH is 1. The smallest absolute Gasteiger partial charge is 0.393 e. The maximum absolute atomic E-state index is 9.46. The molecule has 1 aliphatic carbocycles. The fourth-order valence-electron chi connectivity index (χ4n) is 1.23. The molecule has 0 aromatic heterocycles. The third kappa shape index (κ3) is 3.89. The molecule has 0 radical (unpaired) electrons. The van der Waals surface area contributed by atoms with Crippen LogP contribution in [0.1, 0.15) is 6.42 Å². The van der Waals surface area contributed by atoms with Crippen LogP contribution in [-0.4, -0.2) is 17.3 Å². The van der Waals surface area contributed by atoms with Gasteiger partial charge in [-0.05, 0) is 6.08 Å². The molecule has 2 aliphatic rings. The molecule has 6 nitrogen and oxygen atoms in total. The first-order chi connectivity index (χ1) is 8.35. The Balaban J connectivity index is 2.13. The average molecular weight is 305 g/mol. The zero-order chi connectivity index (χ0) is 12.0. The highest BCUT2D eigenvalue weighted by Crippen LogP contribution is 2.45. The number of rotatable bonds is 3. The van der Waals surface area contributed by atoms with E-state index >= 15 is 0 Å². The molecule has 0 aromatic rings. The van der Waals surface area contributed by atoms with Gasteiger partial charge in [-0.3, -0.25) is 0 Å². The maximum Gasteiger partial charge on any atom is 0.549 e. The molecule has 17 heavy (non-hydrogen) atoms. The van der Waals surface area contributed by atoms with Gasteiger partial charge >= 0.3 is 8.09 Å². The summed E-state index contributed by atoms with van der Waals surface area (Å²) in [6.45, 7) is -0.0853. The molecule has 1 N–H and O–H groups in total. The maximum atomic E-state index is 9.46. The molecular formula is C7H9N4O2P4+. The summed E-state index contributed by atoms with van der Waals surface area (Å²) in [5.41, 5.74) is -0.699. The molecule has 0 saturated heterocycles. The van der Waals surface area contributed by atoms with Crippen molar-refractivity contribution in [3.8, 4) is 0 Å². The Morgan fingerprint density at radius 1 is 1.29 bits per heavy atom. The average Bonchev–Trinajstić information content (AvgIpc) is 2.34. The zero-order valence-corrected chi connectivity index (χ0v) is 12.2. The molecule has 2 unspecified atom stereocenters. The van der Waals surface area contributed by atoms with Crippen LogP contribution in [0.15, 0.2) is 42.4 Å². The quantitative estimate of drug-likeness (QED) is 0.753. The first-order valence-electron chi connectivity index (χ1n) is 4.71. The minimum Gasteiger partial charge on any atom is -0.393 e. The van der Waals surface area contributed by atoms with Gasteiger partial charge in [0, 0.05) is 15.5 Å². The largest absolute Gasteiger partial charge is 0.549 e. The van der Waals surface area contributed by atoms with Crippen molar-refractivity contribution in [2.75, 3.05) is 6.61 Å². The molecular weight excluding hydrogens is 296 g/mol. The van der Waals surface area contributed by atoms with E-state index in [1.807, 2.05) is 24.3 Å². The summed E-state index contributed by atoms with van der Waals surface area (Å²) in [6, 6.07) is 0. The third-order valence-electron chi connectivity index (χ3n) is 2.03. The van der Waals surface area contributed by atoms with E-state index in [0.29, 0.717) is 32.0 Å². The molecule has 10 heteroatoms. The molecule has 0 amide bonds. The van der Waals surface area contributed by atoms with Gasteiger partial charge in [0.25, 0.3) is 0 Å². The minimum absolute atomic E-state index is 0.0853. The molecule has 88 valence electrons. The van der Waals surface area contributed by atoms with Gasteiger partial charge < -0.3 is 5.11 Å². The van der Waals surface area contributed by atoms with Gasteiger partial charge in [-0.25, -0.2) is 0 Å². The predicted octanol–water partition coefficient (Wildman–Crippen LogP) is 4.89. The van der Waals surface area contributed by atoms with E-state index in [0.717, 1.165) is 0 Å². The number of hydrogen-bond donors (Lipinski definition) is 1.